The molecular formula is C25H30N4O2. The summed E-state index contributed by atoms with van der Waals surface area (Å²) in [5.74, 6) is 0.294. The molecule has 1 aliphatic heterocycles. The summed E-state index contributed by atoms with van der Waals surface area (Å²) in [6.45, 7) is 9.77. The Balaban J connectivity index is 1.40. The van der Waals surface area contributed by atoms with Gasteiger partial charge in [-0.2, -0.15) is 0 Å². The first-order chi connectivity index (χ1) is 15.0. The summed E-state index contributed by atoms with van der Waals surface area (Å²) in [6, 6.07) is 6.23. The summed E-state index contributed by atoms with van der Waals surface area (Å²) in [4.78, 5) is 37.8. The Morgan fingerprint density at radius 3 is 2.52 bits per heavy atom. The highest BCUT2D eigenvalue weighted by molar-refractivity contribution is 6.03. The van der Waals surface area contributed by atoms with E-state index in [4.69, 9.17) is 0 Å². The number of Topliss-reactive ketones (excluding diaryl/α,β-unsaturated/α-hetero) is 2. The first-order valence-electron chi connectivity index (χ1n) is 11.2. The van der Waals surface area contributed by atoms with Crippen LogP contribution in [0.15, 0.2) is 36.2 Å². The van der Waals surface area contributed by atoms with Gasteiger partial charge in [-0.1, -0.05) is 19.9 Å². The van der Waals surface area contributed by atoms with Gasteiger partial charge in [-0.25, -0.2) is 0 Å². The van der Waals surface area contributed by atoms with Crippen LogP contribution in [0.4, 0.5) is 5.69 Å². The Labute approximate surface area is 184 Å². The molecule has 1 saturated heterocycles. The molecular weight excluding hydrogens is 388 g/mol. The van der Waals surface area contributed by atoms with Crippen LogP contribution < -0.4 is 4.90 Å². The van der Waals surface area contributed by atoms with Gasteiger partial charge >= 0.3 is 0 Å². The summed E-state index contributed by atoms with van der Waals surface area (Å²) >= 11 is 0. The number of allylic oxidation sites excluding steroid dienone is 1. The molecule has 1 fully saturated rings. The highest BCUT2D eigenvalue weighted by Gasteiger charge is 2.25. The van der Waals surface area contributed by atoms with Crippen LogP contribution in [0, 0.1) is 0 Å². The number of hydrogen-bond donors (Lipinski definition) is 0. The molecule has 0 aromatic carbocycles. The summed E-state index contributed by atoms with van der Waals surface area (Å²) in [7, 11) is 0. The van der Waals surface area contributed by atoms with Crippen molar-refractivity contribution in [3.8, 4) is 0 Å². The van der Waals surface area contributed by atoms with Gasteiger partial charge in [-0.3, -0.25) is 24.5 Å². The Morgan fingerprint density at radius 1 is 1.10 bits per heavy atom. The molecule has 2 aromatic heterocycles. The highest BCUT2D eigenvalue weighted by Crippen LogP contribution is 2.28. The molecule has 0 amide bonds. The van der Waals surface area contributed by atoms with Gasteiger partial charge in [0.05, 0.1) is 17.6 Å². The van der Waals surface area contributed by atoms with Crippen molar-refractivity contribution in [3.05, 3.63) is 58.7 Å². The van der Waals surface area contributed by atoms with E-state index in [-0.39, 0.29) is 17.6 Å². The zero-order valence-electron chi connectivity index (χ0n) is 18.6. The SMILES string of the molecule is CCC(=O)c1ccc(N2CCN([C@@H](C)c3cnc4c(c3)CC(=O)C(CC)=C4)CC2)cn1. The molecule has 6 nitrogen and oxygen atoms in total. The lowest BCUT2D eigenvalue weighted by Gasteiger charge is -2.39. The smallest absolute Gasteiger partial charge is 0.180 e. The zero-order chi connectivity index (χ0) is 22.0. The Bertz CT molecular complexity index is 1000. The van der Waals surface area contributed by atoms with E-state index in [1.807, 2.05) is 44.4 Å². The number of rotatable bonds is 6. The van der Waals surface area contributed by atoms with Crippen molar-refractivity contribution in [1.82, 2.24) is 14.9 Å². The Kier molecular flexibility index (Phi) is 6.28. The Morgan fingerprint density at radius 2 is 1.87 bits per heavy atom. The minimum Gasteiger partial charge on any atom is -0.368 e. The van der Waals surface area contributed by atoms with E-state index in [0.717, 1.165) is 60.7 Å². The van der Waals surface area contributed by atoms with Gasteiger partial charge in [0.15, 0.2) is 11.6 Å². The maximum atomic E-state index is 12.3. The molecule has 0 saturated carbocycles. The van der Waals surface area contributed by atoms with Gasteiger partial charge in [-0.15, -0.1) is 0 Å². The monoisotopic (exact) mass is 418 g/mol. The van der Waals surface area contributed by atoms with E-state index in [1.54, 1.807) is 0 Å². The zero-order valence-corrected chi connectivity index (χ0v) is 18.6. The largest absolute Gasteiger partial charge is 0.368 e. The molecule has 0 spiro atoms. The van der Waals surface area contributed by atoms with E-state index in [0.29, 0.717) is 18.5 Å². The third kappa shape index (κ3) is 4.44. The van der Waals surface area contributed by atoms with Crippen LogP contribution in [0.5, 0.6) is 0 Å². The standard InChI is InChI=1S/C25H30N4O2/c1-4-18-13-23-19(14-25(18)31)12-20(15-26-23)17(3)28-8-10-29(11-9-28)21-6-7-22(27-16-21)24(30)5-2/h6-7,12-13,15-17H,4-5,8-11,14H2,1-3H3/t17-/m0/s1. The molecule has 4 rings (SSSR count). The maximum absolute atomic E-state index is 12.3. The van der Waals surface area contributed by atoms with Gasteiger partial charge in [0.2, 0.25) is 0 Å². The summed E-state index contributed by atoms with van der Waals surface area (Å²) in [6.07, 6.45) is 7.41. The number of carbonyl (C=O) groups excluding carboxylic acids is 2. The first kappa shape index (κ1) is 21.4. The minimum absolute atomic E-state index is 0.0759. The number of pyridine rings is 2. The highest BCUT2D eigenvalue weighted by atomic mass is 16.1. The van der Waals surface area contributed by atoms with E-state index in [9.17, 15) is 9.59 Å². The second-order valence-corrected chi connectivity index (χ2v) is 8.31. The fraction of sp³-hybridized carbons (Fsp3) is 0.440. The first-order valence-corrected chi connectivity index (χ1v) is 11.2. The van der Waals surface area contributed by atoms with Gasteiger partial charge < -0.3 is 4.90 Å². The number of aromatic nitrogens is 2. The van der Waals surface area contributed by atoms with Crippen molar-refractivity contribution in [2.75, 3.05) is 31.1 Å². The van der Waals surface area contributed by atoms with Gasteiger partial charge in [0.25, 0.3) is 0 Å². The fourth-order valence-electron chi connectivity index (χ4n) is 4.37. The quantitative estimate of drug-likeness (QED) is 0.664. The minimum atomic E-state index is 0.0759. The second-order valence-electron chi connectivity index (χ2n) is 8.31. The van der Waals surface area contributed by atoms with Crippen molar-refractivity contribution < 1.29 is 9.59 Å². The van der Waals surface area contributed by atoms with Crippen LogP contribution in [0.3, 0.4) is 0 Å². The number of fused-ring (bicyclic) bond motifs is 1. The lowest BCUT2D eigenvalue weighted by atomic mass is 9.91. The molecule has 0 unspecified atom stereocenters. The molecule has 1 aliphatic carbocycles. The number of nitrogens with zero attached hydrogens (tertiary/aromatic N) is 4. The van der Waals surface area contributed by atoms with Crippen LogP contribution in [0.25, 0.3) is 6.08 Å². The molecule has 0 N–H and O–H groups in total. The van der Waals surface area contributed by atoms with Gasteiger partial charge in [-0.05, 0) is 48.3 Å². The van der Waals surface area contributed by atoms with Crippen LogP contribution in [-0.2, 0) is 11.2 Å². The average molecular weight is 419 g/mol. The van der Waals surface area contributed by atoms with Crippen molar-refractivity contribution in [1.29, 1.82) is 0 Å². The number of ketones is 2. The number of carbonyl (C=O) groups is 2. The summed E-state index contributed by atoms with van der Waals surface area (Å²) < 4.78 is 0. The van der Waals surface area contributed by atoms with Gasteiger partial charge in [0, 0.05) is 51.3 Å². The van der Waals surface area contributed by atoms with E-state index in [1.165, 1.54) is 0 Å². The number of anilines is 1. The third-order valence-electron chi connectivity index (χ3n) is 6.49. The van der Waals surface area contributed by atoms with Crippen molar-refractivity contribution in [2.45, 2.75) is 46.1 Å². The molecule has 3 heterocycles. The average Bonchev–Trinajstić information content (AvgIpc) is 2.82. The van der Waals surface area contributed by atoms with Crippen LogP contribution in [0.1, 0.15) is 67.0 Å². The molecule has 31 heavy (non-hydrogen) atoms. The lowest BCUT2D eigenvalue weighted by molar-refractivity contribution is -0.115. The molecule has 1 atom stereocenters. The van der Waals surface area contributed by atoms with Crippen LogP contribution >= 0.6 is 0 Å². The van der Waals surface area contributed by atoms with E-state index < -0.39 is 0 Å². The molecule has 2 aromatic rings. The van der Waals surface area contributed by atoms with Gasteiger partial charge in [0.1, 0.15) is 5.69 Å². The molecule has 2 aliphatic rings. The third-order valence-corrected chi connectivity index (χ3v) is 6.49. The number of hydrogen-bond acceptors (Lipinski definition) is 6. The van der Waals surface area contributed by atoms with E-state index >= 15 is 0 Å². The molecule has 162 valence electrons. The normalized spacial score (nSPS) is 17.8. The molecule has 0 bridgehead atoms. The summed E-state index contributed by atoms with van der Waals surface area (Å²) in [5.41, 5.74) is 5.62. The van der Waals surface area contributed by atoms with Crippen molar-refractivity contribution in [3.63, 3.8) is 0 Å². The topological polar surface area (TPSA) is 66.4 Å². The van der Waals surface area contributed by atoms with Crippen molar-refractivity contribution in [2.24, 2.45) is 0 Å². The maximum Gasteiger partial charge on any atom is 0.180 e. The lowest BCUT2D eigenvalue weighted by Crippen LogP contribution is -2.47. The van der Waals surface area contributed by atoms with Crippen LogP contribution in [0.2, 0.25) is 0 Å². The summed E-state index contributed by atoms with van der Waals surface area (Å²) in [5, 5.41) is 0. The second kappa shape index (κ2) is 9.10. The predicted molar refractivity (Wildman–Crippen MR) is 122 cm³/mol. The van der Waals surface area contributed by atoms with Crippen molar-refractivity contribution >= 4 is 23.3 Å². The van der Waals surface area contributed by atoms with E-state index in [2.05, 4.69) is 32.8 Å². The fourth-order valence-corrected chi connectivity index (χ4v) is 4.37. The molecule has 6 heteroatoms. The number of piperazine rings is 1. The Hall–Kier alpha value is -2.86. The molecule has 0 radical (unpaired) electrons. The van der Waals surface area contributed by atoms with Crippen LogP contribution in [-0.4, -0.2) is 52.6 Å². The predicted octanol–water partition coefficient (Wildman–Crippen LogP) is 3.87.